The quantitative estimate of drug-likeness (QED) is 0.313. The minimum Gasteiger partial charge on any atom is -0.409 e. The van der Waals surface area contributed by atoms with Crippen molar-refractivity contribution in [3.05, 3.63) is 30.1 Å². The average Bonchev–Trinajstić information content (AvgIpc) is 2.49. The van der Waals surface area contributed by atoms with Crippen LogP contribution in [0.4, 0.5) is 0 Å². The fourth-order valence-electron chi connectivity index (χ4n) is 2.32. The molecule has 0 aliphatic carbocycles. The molecular formula is C13H19N5O2. The van der Waals surface area contributed by atoms with E-state index >= 15 is 0 Å². The molecule has 1 aromatic heterocycles. The molecule has 0 saturated carbocycles. The molecular weight excluding hydrogens is 258 g/mol. The van der Waals surface area contributed by atoms with Gasteiger partial charge in [-0.3, -0.25) is 9.78 Å². The van der Waals surface area contributed by atoms with Gasteiger partial charge in [-0.15, -0.1) is 0 Å². The van der Waals surface area contributed by atoms with Gasteiger partial charge in [0.1, 0.15) is 11.2 Å². The number of rotatable bonds is 3. The summed E-state index contributed by atoms with van der Waals surface area (Å²) in [5, 5.41) is 15.0. The number of piperidine rings is 1. The Balaban J connectivity index is 2.19. The number of nitrogens with two attached hydrogens (primary N) is 1. The minimum atomic E-state index is -0.810. The van der Waals surface area contributed by atoms with E-state index in [0.29, 0.717) is 18.5 Å². The molecule has 0 radical (unpaired) electrons. The molecule has 0 atom stereocenters. The molecule has 1 aliphatic rings. The number of amidine groups is 1. The van der Waals surface area contributed by atoms with Crippen LogP contribution < -0.4 is 11.1 Å². The summed E-state index contributed by atoms with van der Waals surface area (Å²) < 4.78 is 0. The van der Waals surface area contributed by atoms with Crippen molar-refractivity contribution in [3.8, 4) is 0 Å². The van der Waals surface area contributed by atoms with Gasteiger partial charge in [0.15, 0.2) is 5.84 Å². The lowest BCUT2D eigenvalue weighted by molar-refractivity contribution is 0.0881. The van der Waals surface area contributed by atoms with Crippen molar-refractivity contribution in [1.29, 1.82) is 0 Å². The standard InChI is InChI=1S/C13H19N5O2/c1-18-8-5-13(6-9-18,12(14)17-20)16-11(19)10-4-2-3-7-15-10/h2-4,7,20H,5-6,8-9H2,1H3,(H2,14,17)(H,16,19). The Morgan fingerprint density at radius 2 is 2.20 bits per heavy atom. The molecule has 2 heterocycles. The topological polar surface area (TPSA) is 104 Å². The lowest BCUT2D eigenvalue weighted by atomic mass is 9.86. The third kappa shape index (κ3) is 2.88. The van der Waals surface area contributed by atoms with E-state index in [1.165, 1.54) is 0 Å². The number of likely N-dealkylation sites (tertiary alicyclic amines) is 1. The summed E-state index contributed by atoms with van der Waals surface area (Å²) in [6.45, 7) is 1.53. The van der Waals surface area contributed by atoms with Crippen LogP contribution in [-0.2, 0) is 0 Å². The molecule has 1 saturated heterocycles. The fraction of sp³-hybridized carbons (Fsp3) is 0.462. The highest BCUT2D eigenvalue weighted by Crippen LogP contribution is 2.22. The number of carbonyl (C=O) groups is 1. The number of nitrogens with one attached hydrogen (secondary N) is 1. The Morgan fingerprint density at radius 3 is 2.75 bits per heavy atom. The van der Waals surface area contributed by atoms with Crippen LogP contribution in [0.2, 0.25) is 0 Å². The maximum absolute atomic E-state index is 12.2. The molecule has 0 spiro atoms. The fourth-order valence-corrected chi connectivity index (χ4v) is 2.32. The van der Waals surface area contributed by atoms with Crippen molar-refractivity contribution >= 4 is 11.7 Å². The second-order valence-electron chi connectivity index (χ2n) is 5.04. The smallest absolute Gasteiger partial charge is 0.270 e. The first-order valence-corrected chi connectivity index (χ1v) is 6.47. The van der Waals surface area contributed by atoms with Gasteiger partial charge in [0, 0.05) is 19.3 Å². The largest absolute Gasteiger partial charge is 0.409 e. The van der Waals surface area contributed by atoms with E-state index in [4.69, 9.17) is 10.9 Å². The molecule has 4 N–H and O–H groups in total. The lowest BCUT2D eigenvalue weighted by Crippen LogP contribution is -2.62. The number of nitrogens with zero attached hydrogens (tertiary/aromatic N) is 3. The number of pyridine rings is 1. The molecule has 0 unspecified atom stereocenters. The highest BCUT2D eigenvalue weighted by molar-refractivity contribution is 5.99. The van der Waals surface area contributed by atoms with Crippen molar-refractivity contribution in [3.63, 3.8) is 0 Å². The molecule has 2 rings (SSSR count). The summed E-state index contributed by atoms with van der Waals surface area (Å²) >= 11 is 0. The molecule has 20 heavy (non-hydrogen) atoms. The number of oxime groups is 1. The van der Waals surface area contributed by atoms with E-state index in [-0.39, 0.29) is 11.7 Å². The first-order valence-electron chi connectivity index (χ1n) is 6.47. The predicted molar refractivity (Wildman–Crippen MR) is 74.6 cm³/mol. The Hall–Kier alpha value is -2.15. The monoisotopic (exact) mass is 277 g/mol. The van der Waals surface area contributed by atoms with Crippen LogP contribution in [0.5, 0.6) is 0 Å². The molecule has 1 fully saturated rings. The summed E-state index contributed by atoms with van der Waals surface area (Å²) in [6.07, 6.45) is 2.75. The van der Waals surface area contributed by atoms with E-state index in [2.05, 4.69) is 20.4 Å². The molecule has 1 aliphatic heterocycles. The predicted octanol–water partition coefficient (Wildman–Crippen LogP) is 0.0222. The van der Waals surface area contributed by atoms with Gasteiger partial charge in [0.05, 0.1) is 0 Å². The second-order valence-corrected chi connectivity index (χ2v) is 5.04. The summed E-state index contributed by atoms with van der Waals surface area (Å²) in [4.78, 5) is 18.4. The summed E-state index contributed by atoms with van der Waals surface area (Å²) in [5.41, 5.74) is 5.31. The number of hydrogen-bond donors (Lipinski definition) is 3. The molecule has 0 aromatic carbocycles. The highest BCUT2D eigenvalue weighted by atomic mass is 16.4. The van der Waals surface area contributed by atoms with Crippen LogP contribution in [-0.4, -0.2) is 52.5 Å². The highest BCUT2D eigenvalue weighted by Gasteiger charge is 2.39. The summed E-state index contributed by atoms with van der Waals surface area (Å²) in [6, 6.07) is 5.11. The van der Waals surface area contributed by atoms with E-state index < -0.39 is 5.54 Å². The van der Waals surface area contributed by atoms with E-state index in [1.54, 1.807) is 24.4 Å². The van der Waals surface area contributed by atoms with E-state index in [1.807, 2.05) is 7.05 Å². The third-order valence-corrected chi connectivity index (χ3v) is 3.69. The van der Waals surface area contributed by atoms with Crippen LogP contribution in [0.15, 0.2) is 29.6 Å². The third-order valence-electron chi connectivity index (χ3n) is 3.69. The lowest BCUT2D eigenvalue weighted by Gasteiger charge is -2.40. The van der Waals surface area contributed by atoms with Crippen LogP contribution in [0.3, 0.4) is 0 Å². The van der Waals surface area contributed by atoms with Crippen molar-refractivity contribution in [2.24, 2.45) is 10.9 Å². The van der Waals surface area contributed by atoms with Gasteiger partial charge in [0.25, 0.3) is 5.91 Å². The van der Waals surface area contributed by atoms with Gasteiger partial charge < -0.3 is 21.2 Å². The van der Waals surface area contributed by atoms with Crippen molar-refractivity contribution in [1.82, 2.24) is 15.2 Å². The molecule has 108 valence electrons. The van der Waals surface area contributed by atoms with Gasteiger partial charge in [-0.25, -0.2) is 0 Å². The SMILES string of the molecule is CN1CCC(NC(=O)c2ccccn2)(/C(N)=N/O)CC1. The maximum atomic E-state index is 12.2. The van der Waals surface area contributed by atoms with Gasteiger partial charge >= 0.3 is 0 Å². The van der Waals surface area contributed by atoms with E-state index in [9.17, 15) is 4.79 Å². The molecule has 7 heteroatoms. The van der Waals surface area contributed by atoms with Gasteiger partial charge in [-0.05, 0) is 32.0 Å². The Kier molecular flexibility index (Phi) is 4.19. The van der Waals surface area contributed by atoms with Crippen molar-refractivity contribution < 1.29 is 10.0 Å². The Bertz CT molecular complexity index is 495. The van der Waals surface area contributed by atoms with Gasteiger partial charge in [0.2, 0.25) is 0 Å². The molecule has 0 bridgehead atoms. The number of hydrogen-bond acceptors (Lipinski definition) is 5. The normalized spacial score (nSPS) is 19.6. The number of aromatic nitrogens is 1. The van der Waals surface area contributed by atoms with E-state index in [0.717, 1.165) is 13.1 Å². The summed E-state index contributed by atoms with van der Waals surface area (Å²) in [7, 11) is 2.00. The summed E-state index contributed by atoms with van der Waals surface area (Å²) in [5.74, 6) is -0.281. The zero-order valence-electron chi connectivity index (χ0n) is 11.4. The molecule has 1 aromatic rings. The van der Waals surface area contributed by atoms with Gasteiger partial charge in [-0.2, -0.15) is 0 Å². The maximum Gasteiger partial charge on any atom is 0.270 e. The first kappa shape index (κ1) is 14.3. The Morgan fingerprint density at radius 1 is 1.50 bits per heavy atom. The Labute approximate surface area is 117 Å². The van der Waals surface area contributed by atoms with Crippen LogP contribution in [0, 0.1) is 0 Å². The van der Waals surface area contributed by atoms with Crippen LogP contribution in [0.25, 0.3) is 0 Å². The zero-order valence-corrected chi connectivity index (χ0v) is 11.4. The van der Waals surface area contributed by atoms with Crippen molar-refractivity contribution in [2.75, 3.05) is 20.1 Å². The minimum absolute atomic E-state index is 0.0369. The van der Waals surface area contributed by atoms with Gasteiger partial charge in [-0.1, -0.05) is 11.2 Å². The zero-order chi connectivity index (χ0) is 14.6. The molecule has 7 nitrogen and oxygen atoms in total. The molecule has 1 amide bonds. The van der Waals surface area contributed by atoms with Crippen LogP contribution in [0.1, 0.15) is 23.3 Å². The van der Waals surface area contributed by atoms with Crippen LogP contribution >= 0.6 is 0 Å². The average molecular weight is 277 g/mol. The number of amides is 1. The van der Waals surface area contributed by atoms with Crippen molar-refractivity contribution in [2.45, 2.75) is 18.4 Å². The second kappa shape index (κ2) is 5.87. The number of carbonyl (C=O) groups excluding carboxylic acids is 1. The first-order chi connectivity index (χ1) is 9.57.